The molecule has 112 valence electrons. The van der Waals surface area contributed by atoms with E-state index in [1.807, 2.05) is 60.7 Å². The molecule has 0 saturated carbocycles. The molecule has 0 bridgehead atoms. The molecule has 0 aliphatic carbocycles. The monoisotopic (exact) mass is 306 g/mol. The Kier molecular flexibility index (Phi) is 4.96. The van der Waals surface area contributed by atoms with Gasteiger partial charge in [0.15, 0.2) is 0 Å². The number of rotatable bonds is 6. The van der Waals surface area contributed by atoms with Crippen LogP contribution in [-0.2, 0) is 17.4 Å². The van der Waals surface area contributed by atoms with E-state index in [-0.39, 0.29) is 12.8 Å². The van der Waals surface area contributed by atoms with Crippen LogP contribution in [0.4, 0.5) is 0 Å². The third-order valence-electron chi connectivity index (χ3n) is 3.66. The second kappa shape index (κ2) is 6.54. The van der Waals surface area contributed by atoms with Crippen LogP contribution in [0, 0.1) is 0 Å². The predicted octanol–water partition coefficient (Wildman–Crippen LogP) is 2.38. The van der Waals surface area contributed by atoms with Crippen LogP contribution < -0.4 is 0 Å². The SMILES string of the molecule is O=P(O)(O)C(CO)(Cc1ccccc1)Cc1ccccc1. The zero-order chi connectivity index (χ0) is 15.3. The fourth-order valence-electron chi connectivity index (χ4n) is 2.42. The highest BCUT2D eigenvalue weighted by molar-refractivity contribution is 7.53. The van der Waals surface area contributed by atoms with E-state index >= 15 is 0 Å². The van der Waals surface area contributed by atoms with Crippen LogP contribution in [0.15, 0.2) is 60.7 Å². The molecule has 21 heavy (non-hydrogen) atoms. The summed E-state index contributed by atoms with van der Waals surface area (Å²) in [5.41, 5.74) is 1.59. The van der Waals surface area contributed by atoms with Crippen molar-refractivity contribution >= 4 is 7.60 Å². The van der Waals surface area contributed by atoms with Gasteiger partial charge in [-0.05, 0) is 24.0 Å². The molecule has 4 nitrogen and oxygen atoms in total. The van der Waals surface area contributed by atoms with E-state index in [0.29, 0.717) is 0 Å². The largest absolute Gasteiger partial charge is 0.395 e. The Bertz CT molecular complexity index is 565. The highest BCUT2D eigenvalue weighted by atomic mass is 31.2. The van der Waals surface area contributed by atoms with E-state index in [4.69, 9.17) is 0 Å². The lowest BCUT2D eigenvalue weighted by molar-refractivity contribution is 0.207. The molecule has 0 heterocycles. The first-order chi connectivity index (χ1) is 9.97. The lowest BCUT2D eigenvalue weighted by Crippen LogP contribution is -2.38. The molecule has 0 saturated heterocycles. The van der Waals surface area contributed by atoms with Crippen LogP contribution in [0.25, 0.3) is 0 Å². The number of benzene rings is 2. The third kappa shape index (κ3) is 3.80. The van der Waals surface area contributed by atoms with E-state index < -0.39 is 19.4 Å². The fraction of sp³-hybridized carbons (Fsp3) is 0.250. The van der Waals surface area contributed by atoms with Gasteiger partial charge < -0.3 is 14.9 Å². The summed E-state index contributed by atoms with van der Waals surface area (Å²) in [7, 11) is -4.49. The van der Waals surface area contributed by atoms with Crippen molar-refractivity contribution in [3.05, 3.63) is 71.8 Å². The second-order valence-corrected chi connectivity index (χ2v) is 7.29. The van der Waals surface area contributed by atoms with Gasteiger partial charge in [-0.2, -0.15) is 0 Å². The van der Waals surface area contributed by atoms with Crippen LogP contribution in [0.1, 0.15) is 11.1 Å². The van der Waals surface area contributed by atoms with Crippen molar-refractivity contribution in [2.45, 2.75) is 18.0 Å². The Hall–Kier alpha value is -1.45. The van der Waals surface area contributed by atoms with Crippen molar-refractivity contribution in [3.63, 3.8) is 0 Å². The van der Waals surface area contributed by atoms with Gasteiger partial charge in [0.2, 0.25) is 0 Å². The van der Waals surface area contributed by atoms with Crippen LogP contribution in [-0.4, -0.2) is 26.7 Å². The fourth-order valence-corrected chi connectivity index (χ4v) is 3.39. The van der Waals surface area contributed by atoms with E-state index in [1.54, 1.807) is 0 Å². The molecule has 0 amide bonds. The van der Waals surface area contributed by atoms with Crippen molar-refractivity contribution in [1.82, 2.24) is 0 Å². The zero-order valence-corrected chi connectivity index (χ0v) is 12.5. The first-order valence-corrected chi connectivity index (χ1v) is 8.32. The summed E-state index contributed by atoms with van der Waals surface area (Å²) in [6, 6.07) is 18.2. The highest BCUT2D eigenvalue weighted by Crippen LogP contribution is 2.53. The maximum absolute atomic E-state index is 12.0. The van der Waals surface area contributed by atoms with Crippen molar-refractivity contribution < 1.29 is 19.5 Å². The van der Waals surface area contributed by atoms with Gasteiger partial charge >= 0.3 is 7.60 Å². The van der Waals surface area contributed by atoms with Crippen molar-refractivity contribution in [2.24, 2.45) is 0 Å². The Morgan fingerprint density at radius 2 is 1.19 bits per heavy atom. The van der Waals surface area contributed by atoms with Gasteiger partial charge in [-0.3, -0.25) is 4.57 Å². The predicted molar refractivity (Wildman–Crippen MR) is 82.2 cm³/mol. The minimum Gasteiger partial charge on any atom is -0.395 e. The molecule has 0 aliphatic heterocycles. The smallest absolute Gasteiger partial charge is 0.334 e. The average molecular weight is 306 g/mol. The minimum absolute atomic E-state index is 0.128. The van der Waals surface area contributed by atoms with Crippen LogP contribution in [0.3, 0.4) is 0 Å². The molecule has 2 rings (SSSR count). The molecule has 0 fully saturated rings. The van der Waals surface area contributed by atoms with E-state index in [2.05, 4.69) is 0 Å². The summed E-state index contributed by atoms with van der Waals surface area (Å²) in [4.78, 5) is 19.6. The van der Waals surface area contributed by atoms with Crippen molar-refractivity contribution in [1.29, 1.82) is 0 Å². The van der Waals surface area contributed by atoms with Gasteiger partial charge in [-0.25, -0.2) is 0 Å². The van der Waals surface area contributed by atoms with Gasteiger partial charge in [0, 0.05) is 0 Å². The Balaban J connectivity index is 2.37. The average Bonchev–Trinajstić information content (AvgIpc) is 2.47. The Labute approximate surface area is 124 Å². The molecule has 0 aliphatic rings. The number of aliphatic hydroxyl groups is 1. The third-order valence-corrected chi connectivity index (χ3v) is 5.36. The first-order valence-electron chi connectivity index (χ1n) is 6.71. The molecule has 2 aromatic rings. The normalized spacial score (nSPS) is 12.3. The molecule has 0 aromatic heterocycles. The molecule has 0 unspecified atom stereocenters. The molecule has 0 atom stereocenters. The number of hydrogen-bond acceptors (Lipinski definition) is 2. The van der Waals surface area contributed by atoms with E-state index in [1.165, 1.54) is 0 Å². The Morgan fingerprint density at radius 1 is 0.810 bits per heavy atom. The molecule has 3 N–H and O–H groups in total. The Morgan fingerprint density at radius 3 is 1.48 bits per heavy atom. The van der Waals surface area contributed by atoms with Crippen LogP contribution in [0.2, 0.25) is 0 Å². The topological polar surface area (TPSA) is 77.8 Å². The van der Waals surface area contributed by atoms with Crippen LogP contribution in [0.5, 0.6) is 0 Å². The van der Waals surface area contributed by atoms with Gasteiger partial charge in [0.1, 0.15) is 5.16 Å². The first kappa shape index (κ1) is 15.9. The molecule has 0 spiro atoms. The summed E-state index contributed by atoms with van der Waals surface area (Å²) < 4.78 is 12.0. The van der Waals surface area contributed by atoms with Gasteiger partial charge in [0.05, 0.1) is 6.61 Å². The lowest BCUT2D eigenvalue weighted by Gasteiger charge is -2.33. The van der Waals surface area contributed by atoms with Gasteiger partial charge in [-0.15, -0.1) is 0 Å². The number of hydrogen-bond donors (Lipinski definition) is 3. The maximum atomic E-state index is 12.0. The highest BCUT2D eigenvalue weighted by Gasteiger charge is 2.46. The standard InChI is InChI=1S/C16H19O4P/c17-13-16(21(18,19)20,11-14-7-3-1-4-8-14)12-15-9-5-2-6-10-15/h1-10,17H,11-13H2,(H2,18,19,20). The van der Waals surface area contributed by atoms with Gasteiger partial charge in [0.25, 0.3) is 0 Å². The number of aliphatic hydroxyl groups excluding tert-OH is 1. The molecule has 2 aromatic carbocycles. The molecule has 5 heteroatoms. The summed E-state index contributed by atoms with van der Waals surface area (Å²) >= 11 is 0. The van der Waals surface area contributed by atoms with Gasteiger partial charge in [-0.1, -0.05) is 60.7 Å². The zero-order valence-electron chi connectivity index (χ0n) is 11.6. The lowest BCUT2D eigenvalue weighted by atomic mass is 9.92. The quantitative estimate of drug-likeness (QED) is 0.716. The second-order valence-electron chi connectivity index (χ2n) is 5.25. The van der Waals surface area contributed by atoms with E-state index in [0.717, 1.165) is 11.1 Å². The molecule has 0 radical (unpaired) electrons. The van der Waals surface area contributed by atoms with Crippen molar-refractivity contribution in [3.8, 4) is 0 Å². The van der Waals surface area contributed by atoms with E-state index in [9.17, 15) is 19.5 Å². The molecular formula is C16H19O4P. The summed E-state index contributed by atoms with van der Waals surface area (Å²) in [5.74, 6) is 0. The molecular weight excluding hydrogens is 287 g/mol. The van der Waals surface area contributed by atoms with Crippen LogP contribution >= 0.6 is 7.60 Å². The minimum atomic E-state index is -4.49. The maximum Gasteiger partial charge on any atom is 0.334 e. The summed E-state index contributed by atoms with van der Waals surface area (Å²) in [6.07, 6.45) is 0.257. The van der Waals surface area contributed by atoms with Crippen molar-refractivity contribution in [2.75, 3.05) is 6.61 Å². The summed E-state index contributed by atoms with van der Waals surface area (Å²) in [5, 5.41) is 8.25. The summed E-state index contributed by atoms with van der Waals surface area (Å²) in [6.45, 7) is -0.568.